The highest BCUT2D eigenvalue weighted by atomic mass is 16.5. The van der Waals surface area contributed by atoms with Crippen LogP contribution in [0.2, 0.25) is 0 Å². The first-order valence-electron chi connectivity index (χ1n) is 12.3. The lowest BCUT2D eigenvalue weighted by Crippen LogP contribution is -2.25. The van der Waals surface area contributed by atoms with Crippen LogP contribution in [0.25, 0.3) is 0 Å². The molecule has 1 aliphatic carbocycles. The molecule has 1 rings (SSSR count). The van der Waals surface area contributed by atoms with Crippen LogP contribution in [0.15, 0.2) is 24.3 Å². The minimum Gasteiger partial charge on any atom is -0.463 e. The summed E-state index contributed by atoms with van der Waals surface area (Å²) in [5, 5.41) is 20.9. The van der Waals surface area contributed by atoms with Crippen molar-refractivity contribution in [2.24, 2.45) is 11.8 Å². The largest absolute Gasteiger partial charge is 0.463 e. The van der Waals surface area contributed by atoms with E-state index in [0.29, 0.717) is 12.8 Å². The van der Waals surface area contributed by atoms with E-state index in [4.69, 9.17) is 9.47 Å². The van der Waals surface area contributed by atoms with Gasteiger partial charge in [0.2, 0.25) is 0 Å². The lowest BCUT2D eigenvalue weighted by Gasteiger charge is -2.24. The Kier molecular flexibility index (Phi) is 14.0. The maximum absolute atomic E-state index is 11.6. The Bertz CT molecular complexity index is 540. The molecule has 0 unspecified atom stereocenters. The maximum atomic E-state index is 11.6. The summed E-state index contributed by atoms with van der Waals surface area (Å²) >= 11 is 0. The molecule has 0 spiro atoms. The molecule has 0 aromatic rings. The Balaban J connectivity index is 2.60. The van der Waals surface area contributed by atoms with E-state index >= 15 is 0 Å². The van der Waals surface area contributed by atoms with Gasteiger partial charge in [0.1, 0.15) is 0 Å². The minimum atomic E-state index is -0.453. The van der Waals surface area contributed by atoms with E-state index < -0.39 is 12.2 Å². The minimum absolute atomic E-state index is 0.00699. The van der Waals surface area contributed by atoms with Crippen LogP contribution < -0.4 is 0 Å². The number of unbranched alkanes of at least 4 members (excludes halogenated alkanes) is 3. The van der Waals surface area contributed by atoms with Crippen LogP contribution >= 0.6 is 0 Å². The van der Waals surface area contributed by atoms with E-state index in [1.165, 1.54) is 0 Å². The Morgan fingerprint density at radius 3 is 2.48 bits per heavy atom. The first-order valence-corrected chi connectivity index (χ1v) is 12.3. The van der Waals surface area contributed by atoms with Crippen molar-refractivity contribution >= 4 is 5.97 Å². The summed E-state index contributed by atoms with van der Waals surface area (Å²) in [5.74, 6) is 0.0179. The van der Waals surface area contributed by atoms with Gasteiger partial charge in [0, 0.05) is 18.8 Å². The van der Waals surface area contributed by atoms with E-state index in [2.05, 4.69) is 19.1 Å². The molecule has 2 N–H and O–H groups in total. The van der Waals surface area contributed by atoms with Gasteiger partial charge in [-0.25, -0.2) is 0 Å². The number of allylic oxidation sites excluding steroid dienone is 2. The molecule has 5 heteroatoms. The van der Waals surface area contributed by atoms with Gasteiger partial charge < -0.3 is 19.7 Å². The molecule has 31 heavy (non-hydrogen) atoms. The monoisotopic (exact) mass is 438 g/mol. The van der Waals surface area contributed by atoms with Gasteiger partial charge in [0.05, 0.1) is 30.5 Å². The first kappa shape index (κ1) is 27.9. The third-order valence-corrected chi connectivity index (χ3v) is 5.69. The second kappa shape index (κ2) is 15.6. The van der Waals surface area contributed by atoms with Gasteiger partial charge in [-0.3, -0.25) is 4.79 Å². The molecule has 0 amide bonds. The van der Waals surface area contributed by atoms with E-state index in [0.717, 1.165) is 44.9 Å². The highest BCUT2D eigenvalue weighted by Crippen LogP contribution is 2.38. The van der Waals surface area contributed by atoms with Crippen LogP contribution in [0.5, 0.6) is 0 Å². The van der Waals surface area contributed by atoms with Crippen molar-refractivity contribution < 1.29 is 24.5 Å². The lowest BCUT2D eigenvalue weighted by molar-refractivity contribution is -0.147. The molecule has 5 atom stereocenters. The third kappa shape index (κ3) is 11.9. The molecule has 0 heterocycles. The number of carbonyl (C=O) groups is 1. The fourth-order valence-electron chi connectivity index (χ4n) is 4.20. The molecule has 0 aromatic heterocycles. The zero-order valence-corrected chi connectivity index (χ0v) is 20.3. The maximum Gasteiger partial charge on any atom is 0.306 e. The molecule has 0 aromatic carbocycles. The van der Waals surface area contributed by atoms with Crippen LogP contribution in [0.4, 0.5) is 0 Å². The fraction of sp³-hybridized carbons (Fsp3) is 0.808. The summed E-state index contributed by atoms with van der Waals surface area (Å²) in [6.45, 7) is 9.92. The highest BCUT2D eigenvalue weighted by Gasteiger charge is 2.41. The molecule has 5 nitrogen and oxygen atoms in total. The molecule has 1 aliphatic rings. The summed E-state index contributed by atoms with van der Waals surface area (Å²) in [6.07, 6.45) is 14.8. The van der Waals surface area contributed by atoms with Crippen molar-refractivity contribution in [3.63, 3.8) is 0 Å². The molecule has 1 fully saturated rings. The highest BCUT2D eigenvalue weighted by molar-refractivity contribution is 5.69. The number of carbonyl (C=O) groups excluding carboxylic acids is 1. The molecule has 180 valence electrons. The number of aliphatic hydroxyl groups excluding tert-OH is 2. The van der Waals surface area contributed by atoms with Crippen LogP contribution in [-0.2, 0) is 14.3 Å². The number of ether oxygens (including phenoxy) is 2. The van der Waals surface area contributed by atoms with Crippen molar-refractivity contribution in [3.8, 4) is 0 Å². The Morgan fingerprint density at radius 1 is 1.10 bits per heavy atom. The van der Waals surface area contributed by atoms with Crippen molar-refractivity contribution in [1.82, 2.24) is 0 Å². The van der Waals surface area contributed by atoms with E-state index in [9.17, 15) is 15.0 Å². The Hall–Kier alpha value is -1.17. The van der Waals surface area contributed by atoms with Gasteiger partial charge >= 0.3 is 5.97 Å². The van der Waals surface area contributed by atoms with Gasteiger partial charge in [0.25, 0.3) is 0 Å². The number of esters is 1. The number of aliphatic hydroxyl groups is 2. The molecule has 1 saturated carbocycles. The van der Waals surface area contributed by atoms with E-state index in [1.54, 1.807) is 0 Å². The van der Waals surface area contributed by atoms with Gasteiger partial charge in [0.15, 0.2) is 0 Å². The Labute approximate surface area is 189 Å². The topological polar surface area (TPSA) is 76.0 Å². The molecular formula is C26H46O5. The quantitative estimate of drug-likeness (QED) is 0.205. The van der Waals surface area contributed by atoms with Gasteiger partial charge in [-0.1, -0.05) is 50.5 Å². The van der Waals surface area contributed by atoms with E-state index in [1.807, 2.05) is 39.8 Å². The predicted octanol–water partition coefficient (Wildman–Crippen LogP) is 5.34. The molecular weight excluding hydrogens is 392 g/mol. The van der Waals surface area contributed by atoms with Gasteiger partial charge in [-0.2, -0.15) is 0 Å². The zero-order valence-electron chi connectivity index (χ0n) is 20.3. The average Bonchev–Trinajstić information content (AvgIpc) is 2.96. The molecule has 0 bridgehead atoms. The van der Waals surface area contributed by atoms with Crippen LogP contribution in [-0.4, -0.2) is 46.7 Å². The summed E-state index contributed by atoms with van der Waals surface area (Å²) in [7, 11) is 0. The molecule has 0 radical (unpaired) electrons. The summed E-state index contributed by atoms with van der Waals surface area (Å²) in [4.78, 5) is 11.6. The second-order valence-electron chi connectivity index (χ2n) is 9.35. The fourth-order valence-corrected chi connectivity index (χ4v) is 4.20. The van der Waals surface area contributed by atoms with Crippen LogP contribution in [0.1, 0.15) is 92.4 Å². The van der Waals surface area contributed by atoms with Gasteiger partial charge in [-0.05, 0) is 59.3 Å². The smallest absolute Gasteiger partial charge is 0.306 e. The third-order valence-electron chi connectivity index (χ3n) is 5.69. The number of hydrogen-bond acceptors (Lipinski definition) is 5. The SMILES string of the molecule is CCCCC[C@H](O)/C=C/[C@@H]1[C@@H](C/C=C\CCCC(=O)OC(C)C)[C@@H](OC(C)C)C[C@H]1O. The second-order valence-corrected chi connectivity index (χ2v) is 9.35. The predicted molar refractivity (Wildman–Crippen MR) is 126 cm³/mol. The average molecular weight is 439 g/mol. The molecule has 0 saturated heterocycles. The summed E-state index contributed by atoms with van der Waals surface area (Å²) < 4.78 is 11.3. The number of hydrogen-bond donors (Lipinski definition) is 2. The zero-order chi connectivity index (χ0) is 23.2. The first-order chi connectivity index (χ1) is 14.7. The van der Waals surface area contributed by atoms with Crippen LogP contribution in [0.3, 0.4) is 0 Å². The van der Waals surface area contributed by atoms with Crippen molar-refractivity contribution in [2.75, 3.05) is 0 Å². The molecule has 0 aliphatic heterocycles. The standard InChI is InChI=1S/C26H46O5/c1-6-7-10-13-21(27)16-17-22-23(25(18-24(22)28)30-19(2)3)14-11-8-9-12-15-26(29)31-20(4)5/h8,11,16-17,19-25,27-28H,6-7,9-10,12-15,18H2,1-5H3/b11-8-,17-16+/t21-,22+,23+,24+,25-/m0/s1. The van der Waals surface area contributed by atoms with Crippen molar-refractivity contribution in [2.45, 2.75) is 123 Å². The van der Waals surface area contributed by atoms with Crippen molar-refractivity contribution in [3.05, 3.63) is 24.3 Å². The lowest BCUT2D eigenvalue weighted by atomic mass is 9.89. The summed E-state index contributed by atoms with van der Waals surface area (Å²) in [6, 6.07) is 0. The summed E-state index contributed by atoms with van der Waals surface area (Å²) in [5.41, 5.74) is 0. The van der Waals surface area contributed by atoms with Gasteiger partial charge in [-0.15, -0.1) is 0 Å². The van der Waals surface area contributed by atoms with Crippen LogP contribution in [0, 0.1) is 11.8 Å². The normalized spacial score (nSPS) is 25.3. The van der Waals surface area contributed by atoms with E-state index in [-0.39, 0.29) is 36.1 Å². The number of rotatable bonds is 15. The van der Waals surface area contributed by atoms with Crippen molar-refractivity contribution in [1.29, 1.82) is 0 Å². The Morgan fingerprint density at radius 2 is 1.84 bits per heavy atom.